The maximum atomic E-state index is 13.0. The average Bonchev–Trinajstić information content (AvgIpc) is 3.56. The largest absolute Gasteiger partial charge is 0.458 e. The summed E-state index contributed by atoms with van der Waals surface area (Å²) in [4.78, 5) is 25.0. The molecule has 4 rings (SSSR count). The molecule has 0 radical (unpaired) electrons. The molecule has 9 unspecified atom stereocenters. The zero-order valence-electron chi connectivity index (χ0n) is 23.8. The average molecular weight is 543 g/mol. The van der Waals surface area contributed by atoms with Gasteiger partial charge in [0.05, 0.1) is 12.2 Å². The van der Waals surface area contributed by atoms with E-state index in [0.29, 0.717) is 12.3 Å². The fraction of sp³-hybridized carbons (Fsp3) is 0.613. The van der Waals surface area contributed by atoms with Crippen molar-refractivity contribution in [2.45, 2.75) is 96.1 Å². The van der Waals surface area contributed by atoms with E-state index in [1.165, 1.54) is 13.0 Å². The van der Waals surface area contributed by atoms with Gasteiger partial charge in [0.1, 0.15) is 17.8 Å². The topological polar surface area (TPSA) is 115 Å². The number of hydrogen-bond acceptors (Lipinski definition) is 8. The number of rotatable bonds is 8. The smallest absolute Gasteiger partial charge is 0.331 e. The highest BCUT2D eigenvalue weighted by Crippen LogP contribution is 2.73. The van der Waals surface area contributed by atoms with Gasteiger partial charge >= 0.3 is 11.9 Å². The Morgan fingerprint density at radius 3 is 2.41 bits per heavy atom. The molecule has 0 amide bonds. The first-order valence-corrected chi connectivity index (χ1v) is 13.7. The summed E-state index contributed by atoms with van der Waals surface area (Å²) < 4.78 is 23.4. The van der Waals surface area contributed by atoms with Gasteiger partial charge < -0.3 is 29.2 Å². The van der Waals surface area contributed by atoms with Gasteiger partial charge in [0.15, 0.2) is 6.10 Å². The van der Waals surface area contributed by atoms with E-state index in [1.807, 2.05) is 32.1 Å². The molecule has 0 aromatic heterocycles. The predicted molar refractivity (Wildman–Crippen MR) is 145 cm³/mol. The molecule has 2 aliphatic carbocycles. The van der Waals surface area contributed by atoms with Gasteiger partial charge in [0, 0.05) is 30.8 Å². The Bertz CT molecular complexity index is 1130. The van der Waals surface area contributed by atoms with Crippen molar-refractivity contribution in [3.05, 3.63) is 60.3 Å². The van der Waals surface area contributed by atoms with Crippen LogP contribution in [0.15, 0.2) is 60.3 Å². The van der Waals surface area contributed by atoms with Crippen LogP contribution in [-0.2, 0) is 28.5 Å². The molecule has 2 aliphatic heterocycles. The zero-order chi connectivity index (χ0) is 28.8. The predicted octanol–water partition coefficient (Wildman–Crippen LogP) is 4.08. The van der Waals surface area contributed by atoms with Crippen LogP contribution in [0.25, 0.3) is 0 Å². The highest BCUT2D eigenvalue weighted by atomic mass is 16.7. The second-order valence-corrected chi connectivity index (χ2v) is 12.0. The SMILES string of the molecule is C=C1COC2(O)C1CC1(C)C(C)(O)CC(OC(C)=O)C(OC(=O)/C=C/C=C\C=C\C(C)=C\C(C)CC)C13OC23. The van der Waals surface area contributed by atoms with Gasteiger partial charge in [-0.05, 0) is 31.8 Å². The highest BCUT2D eigenvalue weighted by Gasteiger charge is 2.89. The number of hydrogen-bond donors (Lipinski definition) is 2. The third-order valence-corrected chi connectivity index (χ3v) is 9.20. The lowest BCUT2D eigenvalue weighted by Crippen LogP contribution is -2.73. The van der Waals surface area contributed by atoms with Crippen LogP contribution in [0.3, 0.4) is 0 Å². The number of aliphatic hydroxyl groups is 2. The van der Waals surface area contributed by atoms with Gasteiger partial charge in [-0.3, -0.25) is 4.79 Å². The molecule has 4 fully saturated rings. The number of ether oxygens (including phenoxy) is 4. The minimum absolute atomic E-state index is 0.0370. The van der Waals surface area contributed by atoms with E-state index in [-0.39, 0.29) is 13.0 Å². The Labute approximate surface area is 231 Å². The number of carbonyl (C=O) groups excluding carboxylic acids is 2. The van der Waals surface area contributed by atoms with E-state index in [9.17, 15) is 19.8 Å². The van der Waals surface area contributed by atoms with Crippen molar-refractivity contribution in [2.75, 3.05) is 6.61 Å². The lowest BCUT2D eigenvalue weighted by Gasteiger charge is -2.58. The maximum Gasteiger partial charge on any atom is 0.331 e. The van der Waals surface area contributed by atoms with Gasteiger partial charge in [-0.2, -0.15) is 0 Å². The second kappa shape index (κ2) is 10.5. The minimum Gasteiger partial charge on any atom is -0.458 e. The van der Waals surface area contributed by atoms with Crippen molar-refractivity contribution >= 4 is 11.9 Å². The molecule has 8 nitrogen and oxygen atoms in total. The highest BCUT2D eigenvalue weighted by molar-refractivity contribution is 5.82. The molecule has 2 heterocycles. The van der Waals surface area contributed by atoms with Gasteiger partial charge in [0.25, 0.3) is 0 Å². The van der Waals surface area contributed by atoms with E-state index in [2.05, 4.69) is 26.5 Å². The standard InChI is InChI=1S/C31H42O8/c1-8-19(2)15-20(3)13-11-9-10-12-14-25(33)38-26-24(37-22(5)32)17-29(7,34)28(6)16-23-21(4)18-36-31(23,35)27-30(26,28)39-27/h9-15,19,23-24,26-27,34-35H,4,8,16-18H2,1-3,5-7H3/b10-9-,13-11+,14-12+,20-15+. The van der Waals surface area contributed by atoms with E-state index >= 15 is 0 Å². The van der Waals surface area contributed by atoms with E-state index in [1.54, 1.807) is 19.1 Å². The monoisotopic (exact) mass is 542 g/mol. The van der Waals surface area contributed by atoms with E-state index in [4.69, 9.17) is 18.9 Å². The third-order valence-electron chi connectivity index (χ3n) is 9.20. The van der Waals surface area contributed by atoms with Crippen molar-refractivity contribution in [1.29, 1.82) is 0 Å². The Morgan fingerprint density at radius 2 is 1.77 bits per heavy atom. The molecule has 9 atom stereocenters. The summed E-state index contributed by atoms with van der Waals surface area (Å²) >= 11 is 0. The lowest BCUT2D eigenvalue weighted by molar-refractivity contribution is -0.265. The quantitative estimate of drug-likeness (QED) is 0.155. The number of allylic oxidation sites excluding steroid dienone is 7. The van der Waals surface area contributed by atoms with Crippen LogP contribution >= 0.6 is 0 Å². The molecule has 2 saturated carbocycles. The summed E-state index contributed by atoms with van der Waals surface area (Å²) in [5.41, 5.74) is -1.74. The Balaban J connectivity index is 1.55. The number of epoxide rings is 1. The van der Waals surface area contributed by atoms with Gasteiger partial charge in [-0.25, -0.2) is 4.79 Å². The first-order valence-electron chi connectivity index (χ1n) is 13.7. The van der Waals surface area contributed by atoms with Crippen LogP contribution < -0.4 is 0 Å². The van der Waals surface area contributed by atoms with Crippen molar-refractivity contribution < 1.29 is 38.7 Å². The first kappa shape index (κ1) is 29.5. The molecular weight excluding hydrogens is 500 g/mol. The van der Waals surface area contributed by atoms with E-state index < -0.39 is 58.6 Å². The fourth-order valence-corrected chi connectivity index (χ4v) is 6.70. The van der Waals surface area contributed by atoms with Crippen LogP contribution in [0.2, 0.25) is 0 Å². The number of fused-ring (bicyclic) bond motifs is 2. The molecule has 0 aromatic rings. The van der Waals surface area contributed by atoms with Crippen molar-refractivity contribution in [3.8, 4) is 0 Å². The van der Waals surface area contributed by atoms with Gasteiger partial charge in [0.2, 0.25) is 5.79 Å². The molecule has 8 heteroatoms. The normalized spacial score (nSPS) is 42.4. The molecule has 2 N–H and O–H groups in total. The summed E-state index contributed by atoms with van der Waals surface area (Å²) in [6.45, 7) is 15.4. The summed E-state index contributed by atoms with van der Waals surface area (Å²) in [5.74, 6) is -2.83. The van der Waals surface area contributed by atoms with Crippen LogP contribution in [0.5, 0.6) is 0 Å². The molecule has 1 spiro atoms. The molecule has 39 heavy (non-hydrogen) atoms. The fourth-order valence-electron chi connectivity index (χ4n) is 6.70. The van der Waals surface area contributed by atoms with Crippen LogP contribution in [0, 0.1) is 17.3 Å². The molecule has 4 aliphatic rings. The second-order valence-electron chi connectivity index (χ2n) is 12.0. The van der Waals surface area contributed by atoms with Crippen molar-refractivity contribution in [3.63, 3.8) is 0 Å². The Hall–Kier alpha value is -2.52. The lowest BCUT2D eigenvalue weighted by atomic mass is 9.48. The summed E-state index contributed by atoms with van der Waals surface area (Å²) in [6.07, 6.45) is 11.0. The molecule has 0 bridgehead atoms. The van der Waals surface area contributed by atoms with Gasteiger partial charge in [-0.1, -0.05) is 75.8 Å². The Kier molecular flexibility index (Phi) is 7.91. The molecule has 0 aromatic carbocycles. The number of esters is 2. The van der Waals surface area contributed by atoms with Crippen LogP contribution in [-0.4, -0.2) is 64.1 Å². The summed E-state index contributed by atoms with van der Waals surface area (Å²) in [7, 11) is 0. The Morgan fingerprint density at radius 1 is 1.10 bits per heavy atom. The van der Waals surface area contributed by atoms with E-state index in [0.717, 1.165) is 17.6 Å². The summed E-state index contributed by atoms with van der Waals surface area (Å²) in [6, 6.07) is 0. The zero-order valence-corrected chi connectivity index (χ0v) is 23.8. The maximum absolute atomic E-state index is 13.0. The molecule has 2 saturated heterocycles. The summed E-state index contributed by atoms with van der Waals surface area (Å²) in [5, 5.41) is 23.2. The first-order chi connectivity index (χ1) is 18.2. The third kappa shape index (κ3) is 4.97. The van der Waals surface area contributed by atoms with Crippen molar-refractivity contribution in [2.24, 2.45) is 17.3 Å². The van der Waals surface area contributed by atoms with Crippen LogP contribution in [0.1, 0.15) is 60.8 Å². The minimum atomic E-state index is -1.66. The van der Waals surface area contributed by atoms with Crippen LogP contribution in [0.4, 0.5) is 0 Å². The number of carbonyl (C=O) groups is 2. The van der Waals surface area contributed by atoms with Crippen molar-refractivity contribution in [1.82, 2.24) is 0 Å². The molecule has 214 valence electrons. The molecular formula is C31H42O8. The van der Waals surface area contributed by atoms with Gasteiger partial charge in [-0.15, -0.1) is 0 Å².